The number of carbonyl (C=O) groups is 1. The maximum absolute atomic E-state index is 12.1. The highest BCUT2D eigenvalue weighted by Gasteiger charge is 2.27. The maximum atomic E-state index is 12.1. The zero-order chi connectivity index (χ0) is 16.5. The van der Waals surface area contributed by atoms with Crippen molar-refractivity contribution in [1.82, 2.24) is 4.98 Å². The molecule has 0 amide bonds. The van der Waals surface area contributed by atoms with Gasteiger partial charge < -0.3 is 4.84 Å². The van der Waals surface area contributed by atoms with Gasteiger partial charge in [-0.3, -0.25) is 0 Å². The van der Waals surface area contributed by atoms with Crippen LogP contribution in [-0.2, 0) is 9.63 Å². The molecule has 4 rings (SSSR count). The Kier molecular flexibility index (Phi) is 3.59. The second-order valence-corrected chi connectivity index (χ2v) is 5.66. The molecule has 3 aromatic rings. The molecule has 24 heavy (non-hydrogen) atoms. The molecule has 116 valence electrons. The summed E-state index contributed by atoms with van der Waals surface area (Å²) in [6.45, 7) is 0. The summed E-state index contributed by atoms with van der Waals surface area (Å²) in [5, 5.41) is 5.16. The number of nitrogens with zero attached hydrogens (tertiary/aromatic N) is 2. The van der Waals surface area contributed by atoms with E-state index in [1.165, 1.54) is 0 Å². The van der Waals surface area contributed by atoms with Crippen LogP contribution in [0, 0.1) is 0 Å². The van der Waals surface area contributed by atoms with Crippen LogP contribution in [0.4, 0.5) is 0 Å². The Labute approximate surface area is 143 Å². The van der Waals surface area contributed by atoms with Crippen molar-refractivity contribution in [3.63, 3.8) is 0 Å². The molecule has 1 aliphatic heterocycles. The molecule has 0 radical (unpaired) electrons. The smallest absolute Gasteiger partial charge is 0.312 e. The third-order valence-electron chi connectivity index (χ3n) is 3.75. The normalized spacial score (nSPS) is 15.6. The van der Waals surface area contributed by atoms with Crippen LogP contribution in [0.25, 0.3) is 17.0 Å². The standard InChI is InChI=1S/C19H11ClN2O2/c20-18-14(10-13-8-4-5-9-16(13)21-18)11-15-17(22-24-19(15)23)12-6-2-1-3-7-12/h1-11H/b15-11-. The van der Waals surface area contributed by atoms with Gasteiger partial charge in [-0.25, -0.2) is 9.78 Å². The number of hydrogen-bond acceptors (Lipinski definition) is 4. The Hall–Kier alpha value is -2.98. The molecular formula is C19H11ClN2O2. The predicted octanol–water partition coefficient (Wildman–Crippen LogP) is 4.23. The monoisotopic (exact) mass is 334 g/mol. The number of halogens is 1. The lowest BCUT2D eigenvalue weighted by Gasteiger charge is -2.04. The van der Waals surface area contributed by atoms with E-state index in [0.29, 0.717) is 22.0 Å². The molecule has 0 saturated carbocycles. The summed E-state index contributed by atoms with van der Waals surface area (Å²) in [5.41, 5.74) is 3.10. The Morgan fingerprint density at radius 2 is 1.75 bits per heavy atom. The molecular weight excluding hydrogens is 324 g/mol. The summed E-state index contributed by atoms with van der Waals surface area (Å²) in [7, 11) is 0. The fraction of sp³-hybridized carbons (Fsp3) is 0. The Balaban J connectivity index is 1.83. The van der Waals surface area contributed by atoms with E-state index in [-0.39, 0.29) is 0 Å². The maximum Gasteiger partial charge on any atom is 0.368 e. The van der Waals surface area contributed by atoms with Gasteiger partial charge in [0.05, 0.1) is 11.1 Å². The van der Waals surface area contributed by atoms with Gasteiger partial charge >= 0.3 is 5.97 Å². The van der Waals surface area contributed by atoms with E-state index < -0.39 is 5.97 Å². The third-order valence-corrected chi connectivity index (χ3v) is 4.05. The molecule has 0 aliphatic carbocycles. The molecule has 4 nitrogen and oxygen atoms in total. The van der Waals surface area contributed by atoms with Crippen molar-refractivity contribution in [2.24, 2.45) is 5.16 Å². The van der Waals surface area contributed by atoms with Gasteiger partial charge in [0.2, 0.25) is 0 Å². The summed E-state index contributed by atoms with van der Waals surface area (Å²) < 4.78 is 0. The molecule has 2 aromatic carbocycles. The second kappa shape index (κ2) is 5.91. The summed E-state index contributed by atoms with van der Waals surface area (Å²) in [4.78, 5) is 21.3. The van der Waals surface area contributed by atoms with Crippen molar-refractivity contribution in [3.05, 3.63) is 82.5 Å². The first-order valence-electron chi connectivity index (χ1n) is 7.34. The molecule has 5 heteroatoms. The van der Waals surface area contributed by atoms with Gasteiger partial charge in [0.1, 0.15) is 10.9 Å². The van der Waals surface area contributed by atoms with Gasteiger partial charge in [0, 0.05) is 16.5 Å². The third kappa shape index (κ3) is 2.57. The van der Waals surface area contributed by atoms with E-state index in [2.05, 4.69) is 10.1 Å². The van der Waals surface area contributed by atoms with E-state index in [4.69, 9.17) is 16.4 Å². The second-order valence-electron chi connectivity index (χ2n) is 5.30. The van der Waals surface area contributed by atoms with Gasteiger partial charge in [-0.1, -0.05) is 65.3 Å². The average Bonchev–Trinajstić information content (AvgIpc) is 2.97. The van der Waals surface area contributed by atoms with Crippen LogP contribution in [0.2, 0.25) is 5.15 Å². The molecule has 1 aliphatic rings. The minimum Gasteiger partial charge on any atom is -0.312 e. The van der Waals surface area contributed by atoms with Gasteiger partial charge in [0.25, 0.3) is 0 Å². The van der Waals surface area contributed by atoms with Crippen LogP contribution in [0.15, 0.2) is 71.4 Å². The molecule has 0 fully saturated rings. The lowest BCUT2D eigenvalue weighted by molar-refractivity contribution is -0.136. The van der Waals surface area contributed by atoms with Crippen LogP contribution in [0.3, 0.4) is 0 Å². The highest BCUT2D eigenvalue weighted by molar-refractivity contribution is 6.34. The minimum atomic E-state index is -0.502. The molecule has 0 atom stereocenters. The first-order chi connectivity index (χ1) is 11.7. The van der Waals surface area contributed by atoms with E-state index in [0.717, 1.165) is 16.5 Å². The first-order valence-corrected chi connectivity index (χ1v) is 7.72. The number of oxime groups is 1. The summed E-state index contributed by atoms with van der Waals surface area (Å²) in [5.74, 6) is -0.502. The molecule has 0 spiro atoms. The summed E-state index contributed by atoms with van der Waals surface area (Å²) >= 11 is 6.28. The number of aromatic nitrogens is 1. The van der Waals surface area contributed by atoms with E-state index >= 15 is 0 Å². The van der Waals surface area contributed by atoms with Crippen molar-refractivity contribution in [3.8, 4) is 0 Å². The molecule has 2 heterocycles. The summed E-state index contributed by atoms with van der Waals surface area (Å²) in [6.07, 6.45) is 1.67. The number of carbonyl (C=O) groups excluding carboxylic acids is 1. The van der Waals surface area contributed by atoms with Crippen molar-refractivity contribution < 1.29 is 9.63 Å². The van der Waals surface area contributed by atoms with Crippen LogP contribution in [0.5, 0.6) is 0 Å². The van der Waals surface area contributed by atoms with Crippen LogP contribution in [-0.4, -0.2) is 16.7 Å². The van der Waals surface area contributed by atoms with Crippen LogP contribution < -0.4 is 0 Å². The van der Waals surface area contributed by atoms with Crippen molar-refractivity contribution in [2.45, 2.75) is 0 Å². The number of fused-ring (bicyclic) bond motifs is 1. The SMILES string of the molecule is O=C1ON=C(c2ccccc2)/C1=C/c1cc2ccccc2nc1Cl. The highest BCUT2D eigenvalue weighted by Crippen LogP contribution is 2.26. The van der Waals surface area contributed by atoms with Crippen LogP contribution >= 0.6 is 11.6 Å². The van der Waals surface area contributed by atoms with Crippen molar-refractivity contribution >= 4 is 40.3 Å². The molecule has 0 unspecified atom stereocenters. The van der Waals surface area contributed by atoms with Gasteiger partial charge in [-0.2, -0.15) is 0 Å². The lowest BCUT2D eigenvalue weighted by Crippen LogP contribution is -2.06. The fourth-order valence-corrected chi connectivity index (χ4v) is 2.78. The highest BCUT2D eigenvalue weighted by atomic mass is 35.5. The molecule has 0 saturated heterocycles. The quantitative estimate of drug-likeness (QED) is 0.400. The van der Waals surface area contributed by atoms with E-state index in [9.17, 15) is 4.79 Å². The zero-order valence-electron chi connectivity index (χ0n) is 12.4. The largest absolute Gasteiger partial charge is 0.368 e. The summed E-state index contributed by atoms with van der Waals surface area (Å²) in [6, 6.07) is 18.9. The molecule has 1 aromatic heterocycles. The number of benzene rings is 2. The number of para-hydroxylation sites is 1. The van der Waals surface area contributed by atoms with Gasteiger partial charge in [-0.15, -0.1) is 0 Å². The lowest BCUT2D eigenvalue weighted by atomic mass is 10.0. The van der Waals surface area contributed by atoms with Gasteiger partial charge in [-0.05, 0) is 18.2 Å². The number of hydrogen-bond donors (Lipinski definition) is 0. The van der Waals surface area contributed by atoms with Crippen molar-refractivity contribution in [1.29, 1.82) is 0 Å². The Morgan fingerprint density at radius 3 is 2.58 bits per heavy atom. The van der Waals surface area contributed by atoms with Crippen molar-refractivity contribution in [2.75, 3.05) is 0 Å². The zero-order valence-corrected chi connectivity index (χ0v) is 13.2. The Bertz CT molecular complexity index is 1010. The number of rotatable bonds is 2. The molecule has 0 N–H and O–H groups in total. The predicted molar refractivity (Wildman–Crippen MR) is 93.8 cm³/mol. The van der Waals surface area contributed by atoms with E-state index in [1.807, 2.05) is 60.7 Å². The molecule has 0 bridgehead atoms. The number of pyridine rings is 1. The first kappa shape index (κ1) is 14.6. The fourth-order valence-electron chi connectivity index (χ4n) is 2.58. The van der Waals surface area contributed by atoms with Crippen LogP contribution in [0.1, 0.15) is 11.1 Å². The Morgan fingerprint density at radius 1 is 1.00 bits per heavy atom. The average molecular weight is 335 g/mol. The van der Waals surface area contributed by atoms with E-state index in [1.54, 1.807) is 6.08 Å². The van der Waals surface area contributed by atoms with Gasteiger partial charge in [0.15, 0.2) is 0 Å². The topological polar surface area (TPSA) is 51.5 Å². The minimum absolute atomic E-state index is 0.327.